The van der Waals surface area contributed by atoms with Crippen molar-refractivity contribution < 1.29 is 13.2 Å². The number of benzene rings is 1. The highest BCUT2D eigenvalue weighted by molar-refractivity contribution is 7.89. The van der Waals surface area contributed by atoms with Crippen molar-refractivity contribution in [1.82, 2.24) is 14.5 Å². The molecule has 1 aromatic rings. The van der Waals surface area contributed by atoms with Gasteiger partial charge in [-0.05, 0) is 70.0 Å². The van der Waals surface area contributed by atoms with Crippen molar-refractivity contribution in [2.24, 2.45) is 5.92 Å². The first-order valence-corrected chi connectivity index (χ1v) is 11.4. The summed E-state index contributed by atoms with van der Waals surface area (Å²) in [6.07, 6.45) is 2.19. The summed E-state index contributed by atoms with van der Waals surface area (Å²) in [7, 11) is -3.49. The van der Waals surface area contributed by atoms with Crippen LogP contribution >= 0.6 is 0 Å². The molecule has 0 atom stereocenters. The number of piperidine rings is 1. The number of sulfonamides is 1. The molecular weight excluding hydrogens is 362 g/mol. The summed E-state index contributed by atoms with van der Waals surface area (Å²) < 4.78 is 26.4. The van der Waals surface area contributed by atoms with E-state index in [0.717, 1.165) is 25.9 Å². The first-order valence-electron chi connectivity index (χ1n) is 9.92. The Balaban J connectivity index is 1.91. The minimum Gasteiger partial charge on any atom is -0.352 e. The van der Waals surface area contributed by atoms with E-state index in [0.29, 0.717) is 37.2 Å². The smallest absolute Gasteiger partial charge is 0.251 e. The van der Waals surface area contributed by atoms with Gasteiger partial charge in [0.15, 0.2) is 0 Å². The van der Waals surface area contributed by atoms with E-state index in [4.69, 9.17) is 0 Å². The van der Waals surface area contributed by atoms with Crippen molar-refractivity contribution in [3.05, 3.63) is 29.8 Å². The summed E-state index contributed by atoms with van der Waals surface area (Å²) >= 11 is 0. The van der Waals surface area contributed by atoms with E-state index in [-0.39, 0.29) is 10.8 Å². The van der Waals surface area contributed by atoms with Gasteiger partial charge in [0.1, 0.15) is 0 Å². The molecule has 0 bridgehead atoms. The van der Waals surface area contributed by atoms with Crippen LogP contribution in [-0.4, -0.2) is 62.3 Å². The van der Waals surface area contributed by atoms with Gasteiger partial charge in [-0.3, -0.25) is 4.79 Å². The van der Waals surface area contributed by atoms with Crippen LogP contribution < -0.4 is 5.32 Å². The summed E-state index contributed by atoms with van der Waals surface area (Å²) in [5, 5.41) is 3.00. The molecule has 1 amide bonds. The summed E-state index contributed by atoms with van der Waals surface area (Å²) in [5.41, 5.74) is 0.494. The van der Waals surface area contributed by atoms with Crippen molar-refractivity contribution >= 4 is 15.9 Å². The minimum absolute atomic E-state index is 0.145. The van der Waals surface area contributed by atoms with Crippen LogP contribution in [0.25, 0.3) is 0 Å². The van der Waals surface area contributed by atoms with Gasteiger partial charge in [-0.15, -0.1) is 0 Å². The molecule has 0 saturated carbocycles. The molecule has 2 rings (SSSR count). The Morgan fingerprint density at radius 2 is 1.70 bits per heavy atom. The normalized spacial score (nSPS) is 16.8. The average molecular weight is 396 g/mol. The second-order valence-corrected chi connectivity index (χ2v) is 9.33. The van der Waals surface area contributed by atoms with Gasteiger partial charge in [0.05, 0.1) is 4.90 Å². The Bertz CT molecular complexity index is 704. The van der Waals surface area contributed by atoms with Gasteiger partial charge in [0.2, 0.25) is 10.0 Å². The Labute approximate surface area is 164 Å². The first kappa shape index (κ1) is 21.9. The predicted octanol–water partition coefficient (Wildman–Crippen LogP) is 2.57. The predicted molar refractivity (Wildman–Crippen MR) is 108 cm³/mol. The van der Waals surface area contributed by atoms with Crippen LogP contribution in [0.5, 0.6) is 0 Å². The van der Waals surface area contributed by atoms with E-state index < -0.39 is 10.0 Å². The first-order chi connectivity index (χ1) is 12.8. The van der Waals surface area contributed by atoms with E-state index in [9.17, 15) is 13.2 Å². The van der Waals surface area contributed by atoms with Crippen LogP contribution in [-0.2, 0) is 10.0 Å². The molecular formula is C20H33N3O3S. The van der Waals surface area contributed by atoms with E-state index in [1.807, 2.05) is 13.8 Å². The third-order valence-corrected chi connectivity index (χ3v) is 7.45. The molecule has 1 heterocycles. The molecule has 6 nitrogen and oxygen atoms in total. The highest BCUT2D eigenvalue weighted by Gasteiger charge is 2.23. The summed E-state index contributed by atoms with van der Waals surface area (Å²) in [4.78, 5) is 15.1. The number of nitrogens with one attached hydrogen (secondary N) is 1. The molecule has 0 aromatic heterocycles. The molecule has 1 aliphatic rings. The molecule has 1 N–H and O–H groups in total. The van der Waals surface area contributed by atoms with E-state index in [1.165, 1.54) is 16.4 Å². The quantitative estimate of drug-likeness (QED) is 0.734. The fourth-order valence-corrected chi connectivity index (χ4v) is 4.96. The Morgan fingerprint density at radius 1 is 1.15 bits per heavy atom. The molecule has 1 aliphatic heterocycles. The topological polar surface area (TPSA) is 69.7 Å². The van der Waals surface area contributed by atoms with Crippen molar-refractivity contribution in [1.29, 1.82) is 0 Å². The second kappa shape index (κ2) is 9.66. The summed E-state index contributed by atoms with van der Waals surface area (Å²) in [6.45, 7) is 11.7. The van der Waals surface area contributed by atoms with E-state index in [1.54, 1.807) is 12.1 Å². The fraction of sp³-hybridized carbons (Fsp3) is 0.650. The standard InChI is InChI=1S/C20H33N3O3S/c1-5-23(6-2)27(25,26)19-9-7-18(8-10-19)20(24)21-15-17-11-13-22(14-12-17)16(3)4/h7-10,16-17H,5-6,11-15H2,1-4H3,(H,21,24). The van der Waals surface area contributed by atoms with Crippen molar-refractivity contribution in [3.8, 4) is 0 Å². The van der Waals surface area contributed by atoms with Crippen LogP contribution in [0.2, 0.25) is 0 Å². The number of hydrogen-bond acceptors (Lipinski definition) is 4. The van der Waals surface area contributed by atoms with Gasteiger partial charge >= 0.3 is 0 Å². The molecule has 0 aliphatic carbocycles. The maximum Gasteiger partial charge on any atom is 0.251 e. The largest absolute Gasteiger partial charge is 0.352 e. The lowest BCUT2D eigenvalue weighted by Gasteiger charge is -2.34. The van der Waals surface area contributed by atoms with Gasteiger partial charge in [0.25, 0.3) is 5.91 Å². The number of carbonyl (C=O) groups excluding carboxylic acids is 1. The number of hydrogen-bond donors (Lipinski definition) is 1. The molecule has 1 fully saturated rings. The maximum absolute atomic E-state index is 12.5. The molecule has 1 aromatic carbocycles. The van der Waals surface area contributed by atoms with Crippen LogP contribution in [0.1, 0.15) is 50.9 Å². The monoisotopic (exact) mass is 395 g/mol. The van der Waals surface area contributed by atoms with Gasteiger partial charge < -0.3 is 10.2 Å². The van der Waals surface area contributed by atoms with E-state index in [2.05, 4.69) is 24.1 Å². The van der Waals surface area contributed by atoms with Gasteiger partial charge in [-0.2, -0.15) is 4.31 Å². The number of carbonyl (C=O) groups is 1. The lowest BCUT2D eigenvalue weighted by atomic mass is 9.96. The van der Waals surface area contributed by atoms with Crippen LogP contribution in [0.3, 0.4) is 0 Å². The lowest BCUT2D eigenvalue weighted by Crippen LogP contribution is -2.41. The number of amides is 1. The van der Waals surface area contributed by atoms with Crippen LogP contribution in [0.15, 0.2) is 29.2 Å². The van der Waals surface area contributed by atoms with Gasteiger partial charge in [-0.25, -0.2) is 8.42 Å². The summed E-state index contributed by atoms with van der Waals surface area (Å²) in [5.74, 6) is 0.361. The number of nitrogens with zero attached hydrogens (tertiary/aromatic N) is 2. The Hall–Kier alpha value is -1.44. The zero-order valence-corrected chi connectivity index (χ0v) is 17.8. The second-order valence-electron chi connectivity index (χ2n) is 7.40. The van der Waals surface area contributed by atoms with Gasteiger partial charge in [0, 0.05) is 31.2 Å². The third kappa shape index (κ3) is 5.53. The van der Waals surface area contributed by atoms with Crippen LogP contribution in [0.4, 0.5) is 0 Å². The summed E-state index contributed by atoms with van der Waals surface area (Å²) in [6, 6.07) is 6.79. The number of likely N-dealkylation sites (tertiary alicyclic amines) is 1. The zero-order valence-electron chi connectivity index (χ0n) is 16.9. The SMILES string of the molecule is CCN(CC)S(=O)(=O)c1ccc(C(=O)NCC2CCN(C(C)C)CC2)cc1. The van der Waals surface area contributed by atoms with Crippen molar-refractivity contribution in [2.45, 2.75) is 51.5 Å². The molecule has 27 heavy (non-hydrogen) atoms. The highest BCUT2D eigenvalue weighted by atomic mass is 32.2. The molecule has 152 valence electrons. The minimum atomic E-state index is -3.49. The highest BCUT2D eigenvalue weighted by Crippen LogP contribution is 2.19. The fourth-order valence-electron chi connectivity index (χ4n) is 3.50. The van der Waals surface area contributed by atoms with E-state index >= 15 is 0 Å². The zero-order chi connectivity index (χ0) is 20.0. The Kier molecular flexibility index (Phi) is 7.82. The average Bonchev–Trinajstić information content (AvgIpc) is 2.67. The third-order valence-electron chi connectivity index (χ3n) is 5.39. The molecule has 7 heteroatoms. The number of rotatable bonds is 8. The molecule has 1 saturated heterocycles. The molecule has 0 spiro atoms. The molecule has 0 unspecified atom stereocenters. The van der Waals surface area contributed by atoms with Crippen molar-refractivity contribution in [2.75, 3.05) is 32.7 Å². The Morgan fingerprint density at radius 3 is 2.19 bits per heavy atom. The van der Waals surface area contributed by atoms with Crippen LogP contribution in [0, 0.1) is 5.92 Å². The van der Waals surface area contributed by atoms with Gasteiger partial charge in [-0.1, -0.05) is 13.8 Å². The maximum atomic E-state index is 12.5. The lowest BCUT2D eigenvalue weighted by molar-refractivity contribution is 0.0929. The van der Waals surface area contributed by atoms with Crippen molar-refractivity contribution in [3.63, 3.8) is 0 Å². The molecule has 0 radical (unpaired) electrons.